The summed E-state index contributed by atoms with van der Waals surface area (Å²) < 4.78 is 3.41. The molecule has 2 aromatic rings. The molecule has 88 valence electrons. The molecule has 0 fully saturated rings. The van der Waals surface area contributed by atoms with Crippen molar-refractivity contribution in [1.82, 2.24) is 14.2 Å². The summed E-state index contributed by atoms with van der Waals surface area (Å²) in [5, 5.41) is 4.49. The first kappa shape index (κ1) is 10.3. The molecule has 0 radical (unpaired) electrons. The van der Waals surface area contributed by atoms with Gasteiger partial charge >= 0.3 is 0 Å². The molecule has 0 amide bonds. The third-order valence-corrected chi connectivity index (χ3v) is 3.36. The van der Waals surface area contributed by atoms with Crippen molar-refractivity contribution in [2.24, 2.45) is 0 Å². The van der Waals surface area contributed by atoms with E-state index >= 15 is 0 Å². The molecule has 4 nitrogen and oxygen atoms in total. The lowest BCUT2D eigenvalue weighted by molar-refractivity contribution is 0.673. The monoisotopic (exact) mass is 229 g/mol. The zero-order valence-corrected chi connectivity index (χ0v) is 9.72. The lowest BCUT2D eigenvalue weighted by atomic mass is 9.97. The van der Waals surface area contributed by atoms with Crippen molar-refractivity contribution < 1.29 is 0 Å². The van der Waals surface area contributed by atoms with Crippen LogP contribution >= 0.6 is 0 Å². The van der Waals surface area contributed by atoms with E-state index < -0.39 is 0 Å². The van der Waals surface area contributed by atoms with Crippen molar-refractivity contribution in [2.75, 3.05) is 0 Å². The van der Waals surface area contributed by atoms with E-state index in [1.165, 1.54) is 6.42 Å². The third kappa shape index (κ3) is 1.52. The molecule has 0 saturated heterocycles. The van der Waals surface area contributed by atoms with Gasteiger partial charge in [-0.2, -0.15) is 5.10 Å². The number of hydrogen-bond acceptors (Lipinski definition) is 2. The van der Waals surface area contributed by atoms with Crippen molar-refractivity contribution in [3.8, 4) is 0 Å². The highest BCUT2D eigenvalue weighted by Crippen LogP contribution is 2.22. The highest BCUT2D eigenvalue weighted by Gasteiger charge is 2.19. The summed E-state index contributed by atoms with van der Waals surface area (Å²) >= 11 is 0. The second-order valence-electron chi connectivity index (χ2n) is 4.47. The fourth-order valence-electron chi connectivity index (χ4n) is 2.54. The number of fused-ring (bicyclic) bond motifs is 3. The first-order valence-corrected chi connectivity index (χ1v) is 6.01. The Kier molecular flexibility index (Phi) is 2.35. The Labute approximate surface area is 99.2 Å². The molecule has 4 heteroatoms. The molecule has 0 aromatic carbocycles. The second kappa shape index (κ2) is 3.87. The van der Waals surface area contributed by atoms with Gasteiger partial charge in [-0.25, -0.2) is 4.52 Å². The van der Waals surface area contributed by atoms with Gasteiger partial charge in [-0.3, -0.25) is 4.79 Å². The van der Waals surface area contributed by atoms with Crippen LogP contribution in [0.5, 0.6) is 0 Å². The van der Waals surface area contributed by atoms with E-state index in [9.17, 15) is 4.79 Å². The van der Waals surface area contributed by atoms with Crippen LogP contribution in [0.2, 0.25) is 0 Å². The molecule has 2 aromatic heterocycles. The maximum atomic E-state index is 12.3. The summed E-state index contributed by atoms with van der Waals surface area (Å²) in [4.78, 5) is 12.3. The van der Waals surface area contributed by atoms with Crippen molar-refractivity contribution in [2.45, 2.75) is 32.2 Å². The van der Waals surface area contributed by atoms with Gasteiger partial charge in [0.1, 0.15) is 5.52 Å². The predicted molar refractivity (Wildman–Crippen MR) is 66.3 cm³/mol. The van der Waals surface area contributed by atoms with Crippen LogP contribution in [0.15, 0.2) is 29.8 Å². The Morgan fingerprint density at radius 2 is 2.18 bits per heavy atom. The maximum absolute atomic E-state index is 12.3. The summed E-state index contributed by atoms with van der Waals surface area (Å²) in [6, 6.07) is 0. The van der Waals surface area contributed by atoms with Crippen molar-refractivity contribution in [3.05, 3.63) is 46.7 Å². The minimum absolute atomic E-state index is 0.0445. The summed E-state index contributed by atoms with van der Waals surface area (Å²) in [5.41, 5.74) is 3.05. The third-order valence-electron chi connectivity index (χ3n) is 3.36. The van der Waals surface area contributed by atoms with Crippen LogP contribution in [-0.4, -0.2) is 14.2 Å². The minimum Gasteiger partial charge on any atom is -0.308 e. The highest BCUT2D eigenvalue weighted by atomic mass is 16.1. The van der Waals surface area contributed by atoms with Crippen LogP contribution in [0.3, 0.4) is 0 Å². The highest BCUT2D eigenvalue weighted by molar-refractivity contribution is 5.55. The second-order valence-corrected chi connectivity index (χ2v) is 4.47. The number of rotatable bonds is 2. The van der Waals surface area contributed by atoms with E-state index in [1.54, 1.807) is 21.4 Å². The quantitative estimate of drug-likeness (QED) is 0.733. The van der Waals surface area contributed by atoms with Crippen molar-refractivity contribution >= 4 is 5.52 Å². The number of aromatic nitrogens is 3. The molecule has 0 bridgehead atoms. The van der Waals surface area contributed by atoms with E-state index in [2.05, 4.69) is 11.7 Å². The van der Waals surface area contributed by atoms with E-state index in [1.807, 2.05) is 6.20 Å². The lowest BCUT2D eigenvalue weighted by Gasteiger charge is -2.08. The molecular formula is C13H15N3O. The summed E-state index contributed by atoms with van der Waals surface area (Å²) in [5.74, 6) is 0. The van der Waals surface area contributed by atoms with E-state index in [4.69, 9.17) is 0 Å². The Hall–Kier alpha value is -1.84. The zero-order valence-electron chi connectivity index (χ0n) is 9.72. The van der Waals surface area contributed by atoms with Gasteiger partial charge in [0.05, 0.1) is 5.69 Å². The first-order valence-electron chi connectivity index (χ1n) is 6.01. The summed E-state index contributed by atoms with van der Waals surface area (Å²) in [7, 11) is 0. The first-order chi connectivity index (χ1) is 8.31. The van der Waals surface area contributed by atoms with Gasteiger partial charge in [0.25, 0.3) is 5.56 Å². The van der Waals surface area contributed by atoms with Gasteiger partial charge < -0.3 is 4.57 Å². The summed E-state index contributed by atoms with van der Waals surface area (Å²) in [6.07, 6.45) is 9.68. The smallest absolute Gasteiger partial charge is 0.277 e. The maximum Gasteiger partial charge on any atom is 0.277 e. The van der Waals surface area contributed by atoms with Crippen molar-refractivity contribution in [3.63, 3.8) is 0 Å². The predicted octanol–water partition coefficient (Wildman–Crippen LogP) is 1.56. The minimum atomic E-state index is 0.0445. The lowest BCUT2D eigenvalue weighted by Crippen LogP contribution is -2.21. The van der Waals surface area contributed by atoms with Crippen LogP contribution < -0.4 is 5.56 Å². The number of hydrogen-bond donors (Lipinski definition) is 0. The zero-order chi connectivity index (χ0) is 11.8. The van der Waals surface area contributed by atoms with Gasteiger partial charge in [0.2, 0.25) is 0 Å². The molecule has 2 heterocycles. The average molecular weight is 229 g/mol. The molecule has 0 spiro atoms. The van der Waals surface area contributed by atoms with E-state index in [0.717, 1.165) is 36.0 Å². The molecule has 3 rings (SSSR count). The van der Waals surface area contributed by atoms with Crippen LogP contribution in [-0.2, 0) is 19.4 Å². The molecule has 0 atom stereocenters. The number of allylic oxidation sites excluding steroid dienone is 1. The Balaban J connectivity index is 2.30. The molecule has 0 N–H and O–H groups in total. The number of nitrogens with zero attached hydrogens (tertiary/aromatic N) is 3. The molecule has 1 aliphatic carbocycles. The van der Waals surface area contributed by atoms with Crippen LogP contribution in [0, 0.1) is 0 Å². The van der Waals surface area contributed by atoms with Gasteiger partial charge in [0.15, 0.2) is 0 Å². The van der Waals surface area contributed by atoms with Crippen molar-refractivity contribution in [1.29, 1.82) is 0 Å². The van der Waals surface area contributed by atoms with E-state index in [-0.39, 0.29) is 5.56 Å². The molecule has 0 unspecified atom stereocenters. The van der Waals surface area contributed by atoms with Crippen LogP contribution in [0.1, 0.15) is 24.1 Å². The topological polar surface area (TPSA) is 39.3 Å². The molecule has 0 saturated carbocycles. The fourth-order valence-corrected chi connectivity index (χ4v) is 2.54. The molecule has 17 heavy (non-hydrogen) atoms. The summed E-state index contributed by atoms with van der Waals surface area (Å²) in [6.45, 7) is 4.22. The normalized spacial score (nSPS) is 14.8. The molecule has 1 aliphatic rings. The molecular weight excluding hydrogens is 214 g/mol. The Morgan fingerprint density at radius 1 is 1.35 bits per heavy atom. The van der Waals surface area contributed by atoms with Gasteiger partial charge in [0, 0.05) is 24.5 Å². The van der Waals surface area contributed by atoms with Gasteiger partial charge in [-0.15, -0.1) is 6.58 Å². The van der Waals surface area contributed by atoms with E-state index in [0.29, 0.717) is 6.54 Å². The van der Waals surface area contributed by atoms with Gasteiger partial charge in [-0.05, 0) is 25.7 Å². The largest absolute Gasteiger partial charge is 0.308 e. The number of aryl methyl sites for hydroxylation is 2. The van der Waals surface area contributed by atoms with Crippen LogP contribution in [0.25, 0.3) is 5.52 Å². The SMILES string of the molecule is C=CCn1ccn2nc3c(c2c1=O)CCCC3. The van der Waals surface area contributed by atoms with Crippen LogP contribution in [0.4, 0.5) is 0 Å². The Morgan fingerprint density at radius 3 is 3.00 bits per heavy atom. The average Bonchev–Trinajstić information content (AvgIpc) is 2.72. The standard InChI is InChI=1S/C13H15N3O/c1-2-7-15-8-9-16-12(13(15)17)10-5-3-4-6-11(10)14-16/h2,8-9H,1,3-7H2. The fraction of sp³-hybridized carbons (Fsp3) is 0.385. The Bertz CT molecular complexity index is 636. The molecule has 0 aliphatic heterocycles. The van der Waals surface area contributed by atoms with Gasteiger partial charge in [-0.1, -0.05) is 6.08 Å².